The summed E-state index contributed by atoms with van der Waals surface area (Å²) < 4.78 is 29.5. The van der Waals surface area contributed by atoms with E-state index in [1.165, 1.54) is 12.1 Å². The van der Waals surface area contributed by atoms with Gasteiger partial charge in [0.05, 0.1) is 15.5 Å². The van der Waals surface area contributed by atoms with Crippen molar-refractivity contribution in [2.24, 2.45) is 0 Å². The number of rotatable bonds is 5. The average Bonchev–Trinajstić information content (AvgIpc) is 3.69. The molecule has 43 heavy (non-hydrogen) atoms. The van der Waals surface area contributed by atoms with E-state index in [4.69, 9.17) is 4.98 Å². The van der Waals surface area contributed by atoms with Gasteiger partial charge < -0.3 is 10.2 Å². The molecule has 2 aromatic heterocycles. The van der Waals surface area contributed by atoms with Gasteiger partial charge in [-0.2, -0.15) is 0 Å². The number of aromatic nitrogens is 2. The van der Waals surface area contributed by atoms with Gasteiger partial charge in [0, 0.05) is 49.2 Å². The van der Waals surface area contributed by atoms with Crippen LogP contribution in [0.5, 0.6) is 0 Å². The lowest BCUT2D eigenvalue weighted by molar-refractivity contribution is -0.162. The highest BCUT2D eigenvalue weighted by Gasteiger charge is 2.57. The number of amides is 2. The summed E-state index contributed by atoms with van der Waals surface area (Å²) in [5, 5.41) is 2.93. The van der Waals surface area contributed by atoms with Crippen LogP contribution in [-0.4, -0.2) is 54.8 Å². The van der Waals surface area contributed by atoms with Crippen LogP contribution in [0.25, 0.3) is 6.08 Å². The molecule has 10 heteroatoms. The largest absolute Gasteiger partial charge is 0.327 e. The second kappa shape index (κ2) is 10.4. The van der Waals surface area contributed by atoms with Crippen LogP contribution < -0.4 is 5.32 Å². The van der Waals surface area contributed by atoms with Crippen LogP contribution in [0.4, 0.5) is 14.6 Å². The number of nitrogens with one attached hydrogen (secondary N) is 1. The molecule has 1 saturated carbocycles. The molecule has 3 aromatic rings. The van der Waals surface area contributed by atoms with Crippen LogP contribution in [0.2, 0.25) is 0 Å². The van der Waals surface area contributed by atoms with E-state index >= 15 is 0 Å². The van der Waals surface area contributed by atoms with Crippen LogP contribution in [0.1, 0.15) is 60.6 Å². The molecule has 0 bridgehead atoms. The van der Waals surface area contributed by atoms with Crippen LogP contribution in [0, 0.1) is 11.6 Å². The zero-order valence-electron chi connectivity index (χ0n) is 23.9. The first-order valence-corrected chi connectivity index (χ1v) is 16.2. The first kappa shape index (κ1) is 28.5. The zero-order chi connectivity index (χ0) is 30.0. The van der Waals surface area contributed by atoms with Gasteiger partial charge in [-0.3, -0.25) is 19.5 Å². The summed E-state index contributed by atoms with van der Waals surface area (Å²) in [5.41, 5.74) is 1.94. The molecule has 1 saturated heterocycles. The number of piperazine rings is 1. The number of benzene rings is 1. The highest BCUT2D eigenvalue weighted by molar-refractivity contribution is 14.1. The van der Waals surface area contributed by atoms with Gasteiger partial charge in [0.2, 0.25) is 11.8 Å². The molecule has 2 fully saturated rings. The molecule has 222 valence electrons. The highest BCUT2D eigenvalue weighted by Crippen LogP contribution is 2.47. The van der Waals surface area contributed by atoms with Crippen molar-refractivity contribution in [3.8, 4) is 0 Å². The molecule has 2 spiro atoms. The summed E-state index contributed by atoms with van der Waals surface area (Å²) in [6.45, 7) is 2.68. The molecule has 1 aromatic carbocycles. The maximum absolute atomic E-state index is 14.4. The molecule has 1 N–H and O–H groups in total. The monoisotopic (exact) mass is 695 g/mol. The summed E-state index contributed by atoms with van der Waals surface area (Å²) in [6.07, 6.45) is 11.9. The molecule has 7 rings (SSSR count). The van der Waals surface area contributed by atoms with Gasteiger partial charge >= 0.3 is 0 Å². The Hall–Kier alpha value is -3.25. The molecule has 0 unspecified atom stereocenters. The molecule has 2 aliphatic carbocycles. The number of hydrogen-bond donors (Lipinski definition) is 1. The van der Waals surface area contributed by atoms with E-state index in [1.54, 1.807) is 12.4 Å². The second-order valence-electron chi connectivity index (χ2n) is 12.5. The van der Waals surface area contributed by atoms with Gasteiger partial charge in [-0.15, -0.1) is 0 Å². The molecule has 7 nitrogen and oxygen atoms in total. The third-order valence-corrected chi connectivity index (χ3v) is 10.9. The molecule has 0 radical (unpaired) electrons. The number of nitrogens with zero attached hydrogens (tertiary/aromatic N) is 4. The molecular weight excluding hydrogens is 663 g/mol. The molecule has 4 aliphatic rings. The van der Waals surface area contributed by atoms with Crippen molar-refractivity contribution in [1.29, 1.82) is 0 Å². The lowest BCUT2D eigenvalue weighted by Crippen LogP contribution is -2.70. The first-order valence-electron chi connectivity index (χ1n) is 14.7. The quantitative estimate of drug-likeness (QED) is 0.216. The van der Waals surface area contributed by atoms with Crippen LogP contribution in [-0.2, 0) is 33.4 Å². The van der Waals surface area contributed by atoms with Crippen molar-refractivity contribution >= 4 is 46.3 Å². The maximum atomic E-state index is 14.4. The maximum Gasteiger partial charge on any atom is 0.244 e. The predicted molar refractivity (Wildman–Crippen MR) is 167 cm³/mol. The van der Waals surface area contributed by atoms with E-state index in [9.17, 15) is 18.4 Å². The molecule has 2 amide bonds. The number of anilines is 1. The fourth-order valence-corrected chi connectivity index (χ4v) is 8.68. The highest BCUT2D eigenvalue weighted by atomic mass is 127. The minimum Gasteiger partial charge on any atom is -0.327 e. The Labute approximate surface area is 262 Å². The first-order chi connectivity index (χ1) is 20.7. The van der Waals surface area contributed by atoms with Crippen molar-refractivity contribution in [3.05, 3.63) is 94.5 Å². The van der Waals surface area contributed by atoms with E-state index < -0.39 is 28.1 Å². The fourth-order valence-electron chi connectivity index (χ4n) is 7.78. The summed E-state index contributed by atoms with van der Waals surface area (Å²) >= 11 is 2.29. The summed E-state index contributed by atoms with van der Waals surface area (Å²) in [6, 6.07) is 9.43. The Kier molecular flexibility index (Phi) is 6.92. The lowest BCUT2D eigenvalue weighted by atomic mass is 9.80. The van der Waals surface area contributed by atoms with Gasteiger partial charge in [-0.1, -0.05) is 53.7 Å². The number of fused-ring (bicyclic) bond motifs is 3. The van der Waals surface area contributed by atoms with Gasteiger partial charge in [0.15, 0.2) is 0 Å². The van der Waals surface area contributed by atoms with E-state index in [2.05, 4.69) is 43.9 Å². The van der Waals surface area contributed by atoms with E-state index in [0.717, 1.165) is 54.1 Å². The average molecular weight is 696 g/mol. The van der Waals surface area contributed by atoms with Gasteiger partial charge in [-0.25, -0.2) is 13.8 Å². The van der Waals surface area contributed by atoms with Crippen molar-refractivity contribution in [2.45, 2.75) is 61.9 Å². The SMILES string of the molecule is C[C@@]1(c2cc(F)cc(F)c2)CN(CI)C2(CCCC2)C(=O)N1C/C=C/c1cnc2c(c1)C[C@@]1(C2)C(=O)Nc2ncccc21. The summed E-state index contributed by atoms with van der Waals surface area (Å²) in [7, 11) is 0. The van der Waals surface area contributed by atoms with Gasteiger partial charge in [-0.05, 0) is 67.1 Å². The molecule has 2 atom stereocenters. The Balaban J connectivity index is 1.18. The molecular formula is C33H32F2IN5O2. The third-order valence-electron chi connectivity index (χ3n) is 10.0. The van der Waals surface area contributed by atoms with Gasteiger partial charge in [0.25, 0.3) is 0 Å². The zero-order valence-corrected chi connectivity index (χ0v) is 26.0. The molecule has 4 heterocycles. The van der Waals surface area contributed by atoms with Crippen molar-refractivity contribution in [1.82, 2.24) is 19.8 Å². The third kappa shape index (κ3) is 4.43. The number of carbonyl (C=O) groups excluding carboxylic acids is 2. The normalized spacial score (nSPS) is 26.1. The summed E-state index contributed by atoms with van der Waals surface area (Å²) in [4.78, 5) is 40.5. The smallest absolute Gasteiger partial charge is 0.244 e. The minimum absolute atomic E-state index is 0.0123. The van der Waals surface area contributed by atoms with Crippen molar-refractivity contribution in [2.75, 3.05) is 23.0 Å². The Morgan fingerprint density at radius 1 is 1.07 bits per heavy atom. The number of halogens is 3. The predicted octanol–water partition coefficient (Wildman–Crippen LogP) is 5.52. The second-order valence-corrected chi connectivity index (χ2v) is 13.2. The number of alkyl halides is 1. The molecule has 2 aliphatic heterocycles. The van der Waals surface area contributed by atoms with Crippen molar-refractivity contribution < 1.29 is 18.4 Å². The topological polar surface area (TPSA) is 78.4 Å². The number of hydrogen-bond acceptors (Lipinski definition) is 5. The number of pyridine rings is 2. The lowest BCUT2D eigenvalue weighted by Gasteiger charge is -2.56. The Morgan fingerprint density at radius 2 is 1.84 bits per heavy atom. The van der Waals surface area contributed by atoms with Crippen LogP contribution in [0.3, 0.4) is 0 Å². The Morgan fingerprint density at radius 3 is 2.58 bits per heavy atom. The van der Waals surface area contributed by atoms with E-state index in [1.807, 2.05) is 36.1 Å². The number of carbonyl (C=O) groups is 2. The fraction of sp³-hybridized carbons (Fsp3) is 0.394. The van der Waals surface area contributed by atoms with Crippen molar-refractivity contribution in [3.63, 3.8) is 0 Å². The Bertz CT molecular complexity index is 1650. The van der Waals surface area contributed by atoms with Crippen LogP contribution >= 0.6 is 22.6 Å². The van der Waals surface area contributed by atoms with Gasteiger partial charge in [0.1, 0.15) is 23.0 Å². The van der Waals surface area contributed by atoms with E-state index in [-0.39, 0.29) is 18.4 Å². The standard InChI is InChI=1S/C33H32F2IN5O2/c1-31(23-13-24(34)15-25(35)14-23)19-40(20-36)33(8-2-3-9-33)30(43)41(31)11-5-6-21-12-22-16-32(17-27(22)38-18-21)26-7-4-10-37-28(26)39-29(32)42/h4-7,10,12-15,18H,2-3,8-9,11,16-17,19-20H2,1H3,(H,37,39,42)/b6-5+/t31-,32-/m0/s1. The van der Waals surface area contributed by atoms with Crippen LogP contribution in [0.15, 0.2) is 54.9 Å². The minimum atomic E-state index is -0.927. The summed E-state index contributed by atoms with van der Waals surface area (Å²) in [5.74, 6) is -0.725. The van der Waals surface area contributed by atoms with E-state index in [0.29, 0.717) is 35.3 Å².